The Morgan fingerprint density at radius 1 is 1.25 bits per heavy atom. The smallest absolute Gasteiger partial charge is 0.223 e. The molecule has 24 heavy (non-hydrogen) atoms. The molecule has 2 N–H and O–H groups in total. The first-order valence-corrected chi connectivity index (χ1v) is 9.13. The highest BCUT2D eigenvalue weighted by molar-refractivity contribution is 5.82. The van der Waals surface area contributed by atoms with Crippen molar-refractivity contribution < 1.29 is 9.53 Å². The fourth-order valence-electron chi connectivity index (χ4n) is 3.71. The monoisotopic (exact) mass is 330 g/mol. The molecule has 1 aromatic rings. The lowest BCUT2D eigenvalue weighted by molar-refractivity contribution is -0.123. The number of piperidine rings is 1. The van der Waals surface area contributed by atoms with Gasteiger partial charge in [-0.1, -0.05) is 32.9 Å². The molecule has 4 heteroatoms. The third kappa shape index (κ3) is 3.92. The fourth-order valence-corrected chi connectivity index (χ4v) is 3.71. The minimum Gasteiger partial charge on any atom is -0.492 e. The van der Waals surface area contributed by atoms with Crippen LogP contribution in [0.3, 0.4) is 0 Å². The predicted octanol–water partition coefficient (Wildman–Crippen LogP) is 2.87. The number of hydrogen-bond acceptors (Lipinski definition) is 3. The van der Waals surface area contributed by atoms with Crippen LogP contribution in [0.5, 0.6) is 5.75 Å². The molecule has 3 rings (SSSR count). The summed E-state index contributed by atoms with van der Waals surface area (Å²) in [5.41, 5.74) is 1.75. The number of rotatable bonds is 5. The van der Waals surface area contributed by atoms with E-state index in [0.717, 1.165) is 38.1 Å². The lowest BCUT2D eigenvalue weighted by Gasteiger charge is -2.23. The summed E-state index contributed by atoms with van der Waals surface area (Å²) in [5.74, 6) is 1.30. The number of hydrogen-bond donors (Lipinski definition) is 2. The van der Waals surface area contributed by atoms with Crippen molar-refractivity contribution in [3.05, 3.63) is 29.8 Å². The van der Waals surface area contributed by atoms with Gasteiger partial charge in [0.1, 0.15) is 12.4 Å². The summed E-state index contributed by atoms with van der Waals surface area (Å²) >= 11 is 0. The molecular formula is C20H30N2O2. The van der Waals surface area contributed by atoms with E-state index in [0.29, 0.717) is 18.6 Å². The average molecular weight is 330 g/mol. The first-order chi connectivity index (χ1) is 11.4. The quantitative estimate of drug-likeness (QED) is 0.816. The lowest BCUT2D eigenvalue weighted by atomic mass is 9.87. The third-order valence-electron chi connectivity index (χ3n) is 5.50. The van der Waals surface area contributed by atoms with Crippen LogP contribution in [-0.2, 0) is 10.2 Å². The van der Waals surface area contributed by atoms with Gasteiger partial charge >= 0.3 is 0 Å². The van der Waals surface area contributed by atoms with Crippen LogP contribution < -0.4 is 15.4 Å². The Hall–Kier alpha value is -1.55. The third-order valence-corrected chi connectivity index (χ3v) is 5.50. The molecule has 1 aliphatic carbocycles. The Balaban J connectivity index is 1.37. The molecule has 4 nitrogen and oxygen atoms in total. The van der Waals surface area contributed by atoms with Gasteiger partial charge in [-0.05, 0) is 60.9 Å². The van der Waals surface area contributed by atoms with Gasteiger partial charge in [-0.15, -0.1) is 0 Å². The molecule has 1 aromatic carbocycles. The molecule has 132 valence electrons. The molecule has 1 atom stereocenters. The zero-order chi connectivity index (χ0) is 17.2. The molecule has 2 aliphatic rings. The maximum atomic E-state index is 12.3. The van der Waals surface area contributed by atoms with Gasteiger partial charge in [-0.25, -0.2) is 0 Å². The van der Waals surface area contributed by atoms with Crippen LogP contribution in [0.4, 0.5) is 0 Å². The molecule has 1 amide bonds. The van der Waals surface area contributed by atoms with Crippen molar-refractivity contribution >= 4 is 5.91 Å². The lowest BCUT2D eigenvalue weighted by Crippen LogP contribution is -2.35. The summed E-state index contributed by atoms with van der Waals surface area (Å²) in [5, 5.41) is 6.41. The van der Waals surface area contributed by atoms with Gasteiger partial charge in [0.25, 0.3) is 0 Å². The zero-order valence-corrected chi connectivity index (χ0v) is 15.2. The Morgan fingerprint density at radius 2 is 1.92 bits per heavy atom. The normalized spacial score (nSPS) is 22.2. The number of carbonyl (C=O) groups excluding carboxylic acids is 1. The molecule has 0 bridgehead atoms. The first-order valence-electron chi connectivity index (χ1n) is 9.13. The van der Waals surface area contributed by atoms with Crippen LogP contribution in [-0.4, -0.2) is 32.1 Å². The molecular weight excluding hydrogens is 300 g/mol. The maximum Gasteiger partial charge on any atom is 0.223 e. The van der Waals surface area contributed by atoms with Crippen LogP contribution >= 0.6 is 0 Å². The maximum absolute atomic E-state index is 12.3. The Labute approximate surface area is 145 Å². The van der Waals surface area contributed by atoms with Crippen LogP contribution in [0.15, 0.2) is 24.3 Å². The zero-order valence-electron chi connectivity index (χ0n) is 15.2. The summed E-state index contributed by atoms with van der Waals surface area (Å²) in [6, 6.07) is 8.23. The van der Waals surface area contributed by atoms with Gasteiger partial charge in [-0.2, -0.15) is 0 Å². The Morgan fingerprint density at radius 3 is 2.54 bits per heavy atom. The molecule has 1 unspecified atom stereocenters. The van der Waals surface area contributed by atoms with Gasteiger partial charge in [0, 0.05) is 5.92 Å². The van der Waals surface area contributed by atoms with E-state index in [4.69, 9.17) is 4.74 Å². The van der Waals surface area contributed by atoms with E-state index in [2.05, 4.69) is 43.5 Å². The molecule has 1 aliphatic heterocycles. The van der Waals surface area contributed by atoms with Gasteiger partial charge in [0.05, 0.1) is 6.54 Å². The second kappa shape index (κ2) is 6.75. The summed E-state index contributed by atoms with van der Waals surface area (Å²) in [4.78, 5) is 12.3. The van der Waals surface area contributed by atoms with E-state index in [9.17, 15) is 4.79 Å². The van der Waals surface area contributed by atoms with E-state index in [-0.39, 0.29) is 17.2 Å². The number of benzene rings is 1. The van der Waals surface area contributed by atoms with Crippen LogP contribution in [0.25, 0.3) is 0 Å². The Bertz CT molecular complexity index is 568. The minimum atomic E-state index is 0.154. The summed E-state index contributed by atoms with van der Waals surface area (Å²) in [6.07, 6.45) is 3.35. The van der Waals surface area contributed by atoms with E-state index >= 15 is 0 Å². The van der Waals surface area contributed by atoms with Crippen molar-refractivity contribution in [2.75, 3.05) is 26.2 Å². The van der Waals surface area contributed by atoms with Gasteiger partial charge < -0.3 is 15.4 Å². The van der Waals surface area contributed by atoms with Crippen LogP contribution in [0, 0.1) is 11.3 Å². The molecule has 1 saturated carbocycles. The predicted molar refractivity (Wildman–Crippen MR) is 96.3 cm³/mol. The largest absolute Gasteiger partial charge is 0.492 e. The second-order valence-corrected chi connectivity index (χ2v) is 8.28. The molecule has 0 aromatic heterocycles. The van der Waals surface area contributed by atoms with Gasteiger partial charge in [-0.3, -0.25) is 4.79 Å². The molecule has 0 radical (unpaired) electrons. The van der Waals surface area contributed by atoms with Crippen molar-refractivity contribution in [2.45, 2.75) is 45.4 Å². The highest BCUT2D eigenvalue weighted by Crippen LogP contribution is 2.58. The van der Waals surface area contributed by atoms with E-state index < -0.39 is 0 Å². The van der Waals surface area contributed by atoms with Gasteiger partial charge in [0.15, 0.2) is 0 Å². The molecule has 1 heterocycles. The summed E-state index contributed by atoms with van der Waals surface area (Å²) in [6.45, 7) is 9.80. The average Bonchev–Trinajstić information content (AvgIpc) is 3.25. The van der Waals surface area contributed by atoms with Crippen molar-refractivity contribution in [1.29, 1.82) is 0 Å². The standard InChI is InChI=1S/C20H30N2O2/c1-19(2,3)15-4-6-16(7-5-15)24-13-12-22-18(23)17-14-20(17)8-10-21-11-9-20/h4-7,17,21H,8-14H2,1-3H3,(H,22,23). The van der Waals surface area contributed by atoms with Crippen molar-refractivity contribution in [3.63, 3.8) is 0 Å². The topological polar surface area (TPSA) is 50.4 Å². The number of ether oxygens (including phenoxy) is 1. The molecule has 2 fully saturated rings. The van der Waals surface area contributed by atoms with Crippen molar-refractivity contribution in [3.8, 4) is 5.75 Å². The van der Waals surface area contributed by atoms with Crippen LogP contribution in [0.1, 0.15) is 45.6 Å². The van der Waals surface area contributed by atoms with Gasteiger partial charge in [0.2, 0.25) is 5.91 Å². The van der Waals surface area contributed by atoms with Crippen LogP contribution in [0.2, 0.25) is 0 Å². The summed E-state index contributed by atoms with van der Waals surface area (Å²) < 4.78 is 5.74. The number of carbonyl (C=O) groups is 1. The fraction of sp³-hybridized carbons (Fsp3) is 0.650. The summed E-state index contributed by atoms with van der Waals surface area (Å²) in [7, 11) is 0. The SMILES string of the molecule is CC(C)(C)c1ccc(OCCNC(=O)C2CC23CCNCC3)cc1. The highest BCUT2D eigenvalue weighted by Gasteiger charge is 2.57. The number of amides is 1. The first kappa shape index (κ1) is 17.3. The highest BCUT2D eigenvalue weighted by atomic mass is 16.5. The van der Waals surface area contributed by atoms with Crippen molar-refractivity contribution in [1.82, 2.24) is 10.6 Å². The Kier molecular flexibility index (Phi) is 4.86. The van der Waals surface area contributed by atoms with E-state index in [1.807, 2.05) is 12.1 Å². The number of nitrogens with one attached hydrogen (secondary N) is 2. The van der Waals surface area contributed by atoms with E-state index in [1.54, 1.807) is 0 Å². The second-order valence-electron chi connectivity index (χ2n) is 8.28. The van der Waals surface area contributed by atoms with E-state index in [1.165, 1.54) is 5.56 Å². The molecule has 1 spiro atoms. The minimum absolute atomic E-state index is 0.154. The molecule has 1 saturated heterocycles. The van der Waals surface area contributed by atoms with Crippen molar-refractivity contribution in [2.24, 2.45) is 11.3 Å².